The summed E-state index contributed by atoms with van der Waals surface area (Å²) in [6, 6.07) is 33.3. The van der Waals surface area contributed by atoms with Crippen molar-refractivity contribution in [2.45, 2.75) is 18.0 Å². The number of primary amides is 1. The molecule has 1 atom stereocenters. The summed E-state index contributed by atoms with van der Waals surface area (Å²) in [5, 5.41) is 3.76. The van der Waals surface area contributed by atoms with Crippen LogP contribution in [-0.4, -0.2) is 31.2 Å². The standard InChI is InChI=1S/C31H27N3O4/c32-29(35)19-34-26-18-28-27(37-20-38-28)17-21(26)16-25(30(34)36)33-31(22-10-4-1-5-11-22,23-12-6-2-7-13-23)24-14-8-3-9-15-24/h1-15,17-18,25,33H,16,19-20H2,(H2,32,35)/t25-/m0/s1. The van der Waals surface area contributed by atoms with Crippen LogP contribution < -0.4 is 25.4 Å². The van der Waals surface area contributed by atoms with Crippen molar-refractivity contribution in [3.8, 4) is 11.5 Å². The minimum absolute atomic E-state index is 0.114. The van der Waals surface area contributed by atoms with E-state index in [2.05, 4.69) is 41.7 Å². The zero-order valence-electron chi connectivity index (χ0n) is 20.7. The molecule has 0 saturated heterocycles. The molecule has 190 valence electrons. The first-order chi connectivity index (χ1) is 18.6. The summed E-state index contributed by atoms with van der Waals surface area (Å²) < 4.78 is 11.2. The third kappa shape index (κ3) is 4.07. The van der Waals surface area contributed by atoms with Crippen molar-refractivity contribution in [3.63, 3.8) is 0 Å². The van der Waals surface area contributed by atoms with Crippen LogP contribution in [0, 0.1) is 0 Å². The van der Waals surface area contributed by atoms with Crippen LogP contribution in [0.2, 0.25) is 0 Å². The largest absolute Gasteiger partial charge is 0.454 e. The van der Waals surface area contributed by atoms with E-state index >= 15 is 0 Å². The topological polar surface area (TPSA) is 93.9 Å². The van der Waals surface area contributed by atoms with Gasteiger partial charge in [-0.25, -0.2) is 0 Å². The van der Waals surface area contributed by atoms with Crippen LogP contribution in [0.4, 0.5) is 5.69 Å². The van der Waals surface area contributed by atoms with Crippen LogP contribution in [0.5, 0.6) is 11.5 Å². The number of anilines is 1. The molecule has 0 unspecified atom stereocenters. The summed E-state index contributed by atoms with van der Waals surface area (Å²) in [6.45, 7) is -0.124. The van der Waals surface area contributed by atoms with E-state index in [4.69, 9.17) is 15.2 Å². The number of benzene rings is 4. The Morgan fingerprint density at radius 1 is 0.842 bits per heavy atom. The first-order valence-corrected chi connectivity index (χ1v) is 12.5. The summed E-state index contributed by atoms with van der Waals surface area (Å²) in [6.07, 6.45) is 0.397. The van der Waals surface area contributed by atoms with Crippen molar-refractivity contribution in [1.29, 1.82) is 0 Å². The van der Waals surface area contributed by atoms with Crippen LogP contribution in [-0.2, 0) is 21.5 Å². The average Bonchev–Trinajstić information content (AvgIpc) is 3.41. The van der Waals surface area contributed by atoms with Gasteiger partial charge in [0.1, 0.15) is 6.54 Å². The number of carbonyl (C=O) groups excluding carboxylic acids is 2. The van der Waals surface area contributed by atoms with Crippen molar-refractivity contribution < 1.29 is 19.1 Å². The van der Waals surface area contributed by atoms with Gasteiger partial charge in [-0.05, 0) is 34.7 Å². The van der Waals surface area contributed by atoms with Crippen molar-refractivity contribution >= 4 is 17.5 Å². The van der Waals surface area contributed by atoms with E-state index in [1.807, 2.05) is 60.7 Å². The van der Waals surface area contributed by atoms with Gasteiger partial charge in [-0.1, -0.05) is 91.0 Å². The van der Waals surface area contributed by atoms with Gasteiger partial charge in [0.2, 0.25) is 18.6 Å². The van der Waals surface area contributed by atoms with Gasteiger partial charge in [-0.2, -0.15) is 0 Å². The molecule has 2 aliphatic heterocycles. The maximum absolute atomic E-state index is 14.1. The van der Waals surface area contributed by atoms with Gasteiger partial charge in [-0.3, -0.25) is 14.9 Å². The SMILES string of the molecule is NC(=O)CN1C(=O)[C@@H](NC(c2ccccc2)(c2ccccc2)c2ccccc2)Cc2cc3c(cc21)OCO3. The molecular formula is C31H27N3O4. The molecule has 7 nitrogen and oxygen atoms in total. The summed E-state index contributed by atoms with van der Waals surface area (Å²) in [7, 11) is 0. The Bertz CT molecular complexity index is 1380. The second-order valence-corrected chi connectivity index (χ2v) is 9.47. The fraction of sp³-hybridized carbons (Fsp3) is 0.161. The number of hydrogen-bond donors (Lipinski definition) is 2. The van der Waals surface area contributed by atoms with Gasteiger partial charge in [0.05, 0.1) is 17.3 Å². The van der Waals surface area contributed by atoms with Crippen molar-refractivity contribution in [3.05, 3.63) is 125 Å². The molecule has 6 rings (SSSR count). The molecule has 0 bridgehead atoms. The number of rotatable bonds is 7. The third-order valence-electron chi connectivity index (χ3n) is 7.18. The molecule has 2 aliphatic rings. The Hall–Kier alpha value is -4.62. The lowest BCUT2D eigenvalue weighted by atomic mass is 9.76. The van der Waals surface area contributed by atoms with Gasteiger partial charge >= 0.3 is 0 Å². The molecule has 0 aromatic heterocycles. The number of amides is 2. The van der Waals surface area contributed by atoms with E-state index < -0.39 is 17.5 Å². The van der Waals surface area contributed by atoms with E-state index in [0.29, 0.717) is 23.6 Å². The van der Waals surface area contributed by atoms with Gasteiger partial charge < -0.3 is 20.1 Å². The van der Waals surface area contributed by atoms with E-state index in [1.54, 1.807) is 6.07 Å². The first-order valence-electron chi connectivity index (χ1n) is 12.5. The molecule has 38 heavy (non-hydrogen) atoms. The summed E-state index contributed by atoms with van der Waals surface area (Å²) in [4.78, 5) is 27.6. The van der Waals surface area contributed by atoms with E-state index in [9.17, 15) is 9.59 Å². The highest BCUT2D eigenvalue weighted by Gasteiger charge is 2.43. The van der Waals surface area contributed by atoms with Crippen LogP contribution in [0.1, 0.15) is 22.3 Å². The maximum Gasteiger partial charge on any atom is 0.244 e. The number of carbonyl (C=O) groups is 2. The minimum Gasteiger partial charge on any atom is -0.454 e. The van der Waals surface area contributed by atoms with Crippen LogP contribution in [0.15, 0.2) is 103 Å². The fourth-order valence-electron chi connectivity index (χ4n) is 5.51. The Morgan fingerprint density at radius 3 is 1.84 bits per heavy atom. The Balaban J connectivity index is 1.52. The predicted molar refractivity (Wildman–Crippen MR) is 144 cm³/mol. The Labute approximate surface area is 220 Å². The summed E-state index contributed by atoms with van der Waals surface area (Å²) in [5.74, 6) is 0.339. The highest BCUT2D eigenvalue weighted by atomic mass is 16.7. The first kappa shape index (κ1) is 23.8. The molecule has 0 spiro atoms. The molecule has 4 aromatic carbocycles. The molecule has 0 aliphatic carbocycles. The number of hydrogen-bond acceptors (Lipinski definition) is 5. The normalized spacial score (nSPS) is 16.3. The molecule has 7 heteroatoms. The van der Waals surface area contributed by atoms with Gasteiger partial charge in [0.25, 0.3) is 0 Å². The zero-order chi connectivity index (χ0) is 26.1. The van der Waals surface area contributed by atoms with E-state index in [0.717, 1.165) is 22.3 Å². The number of nitrogens with zero attached hydrogens (tertiary/aromatic N) is 1. The summed E-state index contributed by atoms with van der Waals surface area (Å²) >= 11 is 0. The monoisotopic (exact) mass is 505 g/mol. The lowest BCUT2D eigenvalue weighted by Gasteiger charge is -2.42. The predicted octanol–water partition coefficient (Wildman–Crippen LogP) is 3.74. The third-order valence-corrected chi connectivity index (χ3v) is 7.18. The van der Waals surface area contributed by atoms with Crippen molar-refractivity contribution in [2.24, 2.45) is 5.73 Å². The molecule has 0 saturated carbocycles. The van der Waals surface area contributed by atoms with Crippen LogP contribution in [0.3, 0.4) is 0 Å². The molecule has 3 N–H and O–H groups in total. The number of nitrogens with one attached hydrogen (secondary N) is 1. The number of nitrogens with two attached hydrogens (primary N) is 1. The number of fused-ring (bicyclic) bond motifs is 2. The fourth-order valence-corrected chi connectivity index (χ4v) is 5.51. The lowest BCUT2D eigenvalue weighted by Crippen LogP contribution is -2.59. The molecule has 2 amide bonds. The van der Waals surface area contributed by atoms with E-state index in [1.165, 1.54) is 4.90 Å². The second kappa shape index (κ2) is 9.68. The molecule has 2 heterocycles. The van der Waals surface area contributed by atoms with Crippen LogP contribution >= 0.6 is 0 Å². The smallest absolute Gasteiger partial charge is 0.244 e. The highest BCUT2D eigenvalue weighted by molar-refractivity contribution is 6.04. The lowest BCUT2D eigenvalue weighted by molar-refractivity contribution is -0.124. The van der Waals surface area contributed by atoms with Crippen molar-refractivity contribution in [2.75, 3.05) is 18.2 Å². The summed E-state index contributed by atoms with van der Waals surface area (Å²) in [5.41, 5.74) is 9.19. The van der Waals surface area contributed by atoms with E-state index in [-0.39, 0.29) is 19.2 Å². The Kier molecular flexibility index (Phi) is 6.05. The highest BCUT2D eigenvalue weighted by Crippen LogP contribution is 2.43. The molecule has 4 aromatic rings. The Morgan fingerprint density at radius 2 is 1.34 bits per heavy atom. The molecule has 0 radical (unpaired) electrons. The second-order valence-electron chi connectivity index (χ2n) is 9.47. The van der Waals surface area contributed by atoms with Gasteiger partial charge in [0.15, 0.2) is 11.5 Å². The van der Waals surface area contributed by atoms with Gasteiger partial charge in [-0.15, -0.1) is 0 Å². The average molecular weight is 506 g/mol. The maximum atomic E-state index is 14.1. The molecule has 0 fully saturated rings. The van der Waals surface area contributed by atoms with Crippen molar-refractivity contribution in [1.82, 2.24) is 5.32 Å². The quantitative estimate of drug-likeness (QED) is 0.373. The number of ether oxygens (including phenoxy) is 2. The van der Waals surface area contributed by atoms with Crippen LogP contribution in [0.25, 0.3) is 0 Å². The zero-order valence-corrected chi connectivity index (χ0v) is 20.7. The minimum atomic E-state index is -0.851. The molecular weight excluding hydrogens is 478 g/mol. The van der Waals surface area contributed by atoms with Gasteiger partial charge in [0, 0.05) is 6.07 Å².